The molecule has 0 bridgehead atoms. The molecule has 2 rings (SSSR count). The zero-order valence-corrected chi connectivity index (χ0v) is 12.9. The number of likely N-dealkylation sites (N-methyl/N-ethyl adjacent to an activating group) is 1. The van der Waals surface area contributed by atoms with Gasteiger partial charge in [-0.15, -0.1) is 11.6 Å². The van der Waals surface area contributed by atoms with E-state index in [1.54, 1.807) is 0 Å². The van der Waals surface area contributed by atoms with Crippen molar-refractivity contribution in [2.45, 2.75) is 33.2 Å². The molecule has 2 aromatic rings. The lowest BCUT2D eigenvalue weighted by Gasteiger charge is -2.17. The maximum Gasteiger partial charge on any atom is 0.242 e. The van der Waals surface area contributed by atoms with Gasteiger partial charge < -0.3 is 9.88 Å². The molecule has 1 atom stereocenters. The van der Waals surface area contributed by atoms with Gasteiger partial charge in [0.2, 0.25) is 5.91 Å². The monoisotopic (exact) mass is 293 g/mol. The minimum absolute atomic E-state index is 0.00544. The predicted molar refractivity (Wildman–Crippen MR) is 82.3 cm³/mol. The number of benzene rings is 1. The summed E-state index contributed by atoms with van der Waals surface area (Å²) in [5.74, 6) is 1.36. The van der Waals surface area contributed by atoms with E-state index in [1.165, 1.54) is 0 Å². The van der Waals surface area contributed by atoms with Crippen LogP contribution in [0.2, 0.25) is 0 Å². The number of carbonyl (C=O) groups excluding carboxylic acids is 1. The zero-order chi connectivity index (χ0) is 14.7. The van der Waals surface area contributed by atoms with Gasteiger partial charge in [-0.05, 0) is 32.4 Å². The van der Waals surface area contributed by atoms with Crippen LogP contribution in [0.5, 0.6) is 0 Å². The minimum Gasteiger partial charge on any atom is -0.355 e. The Bertz CT molecular complexity index is 621. The number of fused-ring (bicyclic) bond motifs is 1. The van der Waals surface area contributed by atoms with Crippen molar-refractivity contribution < 1.29 is 4.79 Å². The zero-order valence-electron chi connectivity index (χ0n) is 12.1. The lowest BCUT2D eigenvalue weighted by Crippen LogP contribution is -2.31. The fourth-order valence-corrected chi connectivity index (χ4v) is 2.66. The molecule has 1 heterocycles. The number of halogens is 1. The van der Waals surface area contributed by atoms with E-state index >= 15 is 0 Å². The van der Waals surface area contributed by atoms with E-state index in [0.717, 1.165) is 22.4 Å². The Kier molecular flexibility index (Phi) is 4.65. The average Bonchev–Trinajstić information content (AvgIpc) is 2.78. The third-order valence-corrected chi connectivity index (χ3v) is 3.61. The van der Waals surface area contributed by atoms with Gasteiger partial charge in [0.15, 0.2) is 0 Å². The summed E-state index contributed by atoms with van der Waals surface area (Å²) in [6.45, 7) is 6.48. The van der Waals surface area contributed by atoms with Gasteiger partial charge in [-0.25, -0.2) is 4.98 Å². The van der Waals surface area contributed by atoms with Gasteiger partial charge in [0.05, 0.1) is 11.0 Å². The van der Waals surface area contributed by atoms with Crippen molar-refractivity contribution in [3.05, 3.63) is 29.6 Å². The summed E-state index contributed by atoms with van der Waals surface area (Å²) in [5.41, 5.74) is 3.06. The molecule has 0 radical (unpaired) electrons. The highest BCUT2D eigenvalue weighted by molar-refractivity contribution is 6.17. The van der Waals surface area contributed by atoms with Crippen molar-refractivity contribution >= 4 is 28.5 Å². The highest BCUT2D eigenvalue weighted by Gasteiger charge is 2.21. The van der Waals surface area contributed by atoms with E-state index in [2.05, 4.69) is 10.3 Å². The summed E-state index contributed by atoms with van der Waals surface area (Å²) in [4.78, 5) is 16.8. The number of imidazole rings is 1. The van der Waals surface area contributed by atoms with Gasteiger partial charge in [-0.1, -0.05) is 12.1 Å². The number of rotatable bonds is 5. The van der Waals surface area contributed by atoms with Crippen molar-refractivity contribution in [3.63, 3.8) is 0 Å². The fourth-order valence-electron chi connectivity index (χ4n) is 2.49. The molecule has 0 saturated carbocycles. The largest absolute Gasteiger partial charge is 0.355 e. The molecule has 20 heavy (non-hydrogen) atoms. The van der Waals surface area contributed by atoms with Crippen molar-refractivity contribution in [2.24, 2.45) is 0 Å². The SMILES string of the molecule is CCNC(=O)C(C)n1c(CCCl)nc2cccc(C)c21. The molecule has 108 valence electrons. The number of nitrogens with zero attached hydrogens (tertiary/aromatic N) is 2. The number of aryl methyl sites for hydroxylation is 2. The molecule has 1 aromatic carbocycles. The number of hydrogen-bond acceptors (Lipinski definition) is 2. The molecule has 0 aliphatic carbocycles. The molecular formula is C15H20ClN3O. The number of hydrogen-bond donors (Lipinski definition) is 1. The van der Waals surface area contributed by atoms with E-state index in [4.69, 9.17) is 11.6 Å². The predicted octanol–water partition coefficient (Wildman–Crippen LogP) is 2.82. The first-order chi connectivity index (χ1) is 9.60. The molecule has 0 fully saturated rings. The van der Waals surface area contributed by atoms with Crippen LogP contribution in [0.4, 0.5) is 0 Å². The topological polar surface area (TPSA) is 46.9 Å². The first kappa shape index (κ1) is 14.9. The van der Waals surface area contributed by atoms with E-state index in [0.29, 0.717) is 18.8 Å². The minimum atomic E-state index is -0.292. The summed E-state index contributed by atoms with van der Waals surface area (Å²) in [7, 11) is 0. The van der Waals surface area contributed by atoms with Crippen LogP contribution < -0.4 is 5.32 Å². The average molecular weight is 294 g/mol. The molecule has 4 nitrogen and oxygen atoms in total. The number of amides is 1. The molecule has 0 spiro atoms. The highest BCUT2D eigenvalue weighted by Crippen LogP contribution is 2.25. The van der Waals surface area contributed by atoms with Gasteiger partial charge in [0.1, 0.15) is 11.9 Å². The Morgan fingerprint density at radius 2 is 2.25 bits per heavy atom. The highest BCUT2D eigenvalue weighted by atomic mass is 35.5. The van der Waals surface area contributed by atoms with Crippen LogP contribution in [0.25, 0.3) is 11.0 Å². The van der Waals surface area contributed by atoms with Crippen LogP contribution in [0, 0.1) is 6.92 Å². The van der Waals surface area contributed by atoms with Crippen LogP contribution in [0.15, 0.2) is 18.2 Å². The van der Waals surface area contributed by atoms with Crippen molar-refractivity contribution in [1.82, 2.24) is 14.9 Å². The van der Waals surface area contributed by atoms with Crippen molar-refractivity contribution in [2.75, 3.05) is 12.4 Å². The van der Waals surface area contributed by atoms with E-state index in [9.17, 15) is 4.79 Å². The molecule has 0 aliphatic heterocycles. The normalized spacial score (nSPS) is 12.6. The lowest BCUT2D eigenvalue weighted by atomic mass is 10.2. The van der Waals surface area contributed by atoms with Crippen molar-refractivity contribution in [1.29, 1.82) is 0 Å². The third-order valence-electron chi connectivity index (χ3n) is 3.42. The van der Waals surface area contributed by atoms with E-state index in [-0.39, 0.29) is 11.9 Å². The summed E-state index contributed by atoms with van der Waals surface area (Å²) in [6, 6.07) is 5.70. The maximum atomic E-state index is 12.2. The van der Waals surface area contributed by atoms with E-state index in [1.807, 2.05) is 43.5 Å². The van der Waals surface area contributed by atoms with Gasteiger partial charge in [0, 0.05) is 18.8 Å². The van der Waals surface area contributed by atoms with Crippen LogP contribution in [0.1, 0.15) is 31.3 Å². The fraction of sp³-hybridized carbons (Fsp3) is 0.467. The molecule has 1 amide bonds. The molecule has 1 unspecified atom stereocenters. The lowest BCUT2D eigenvalue weighted by molar-refractivity contribution is -0.123. The molecule has 0 saturated heterocycles. The van der Waals surface area contributed by atoms with Crippen LogP contribution >= 0.6 is 11.6 Å². The number of nitrogens with one attached hydrogen (secondary N) is 1. The number of aromatic nitrogens is 2. The molecule has 0 aliphatic rings. The maximum absolute atomic E-state index is 12.2. The Morgan fingerprint density at radius 3 is 2.90 bits per heavy atom. The Morgan fingerprint density at radius 1 is 1.50 bits per heavy atom. The van der Waals surface area contributed by atoms with Crippen LogP contribution in [0.3, 0.4) is 0 Å². The second-order valence-corrected chi connectivity index (χ2v) is 5.23. The van der Waals surface area contributed by atoms with Gasteiger partial charge in [0.25, 0.3) is 0 Å². The summed E-state index contributed by atoms with van der Waals surface area (Å²) < 4.78 is 2.01. The second kappa shape index (κ2) is 6.27. The Balaban J connectivity index is 2.58. The third kappa shape index (κ3) is 2.66. The van der Waals surface area contributed by atoms with Crippen molar-refractivity contribution in [3.8, 4) is 0 Å². The van der Waals surface area contributed by atoms with Crippen LogP contribution in [-0.4, -0.2) is 27.9 Å². The standard InChI is InChI=1S/C15H20ClN3O/c1-4-17-15(20)11(3)19-13(8-9-16)18-12-7-5-6-10(2)14(12)19/h5-7,11H,4,8-9H2,1-3H3,(H,17,20). The number of para-hydroxylation sites is 1. The van der Waals surface area contributed by atoms with Gasteiger partial charge in [-0.3, -0.25) is 4.79 Å². The quantitative estimate of drug-likeness (QED) is 0.862. The summed E-state index contributed by atoms with van der Waals surface area (Å²) in [6.07, 6.45) is 0.652. The summed E-state index contributed by atoms with van der Waals surface area (Å²) in [5, 5.41) is 2.87. The van der Waals surface area contributed by atoms with Gasteiger partial charge in [-0.2, -0.15) is 0 Å². The number of alkyl halides is 1. The Hall–Kier alpha value is -1.55. The second-order valence-electron chi connectivity index (χ2n) is 4.85. The molecular weight excluding hydrogens is 274 g/mol. The molecule has 5 heteroatoms. The smallest absolute Gasteiger partial charge is 0.242 e. The number of carbonyl (C=O) groups is 1. The molecule has 1 N–H and O–H groups in total. The first-order valence-electron chi connectivity index (χ1n) is 6.90. The molecule has 1 aromatic heterocycles. The Labute approximate surface area is 124 Å². The summed E-state index contributed by atoms with van der Waals surface area (Å²) >= 11 is 5.87. The van der Waals surface area contributed by atoms with E-state index < -0.39 is 0 Å². The van der Waals surface area contributed by atoms with Gasteiger partial charge >= 0.3 is 0 Å². The first-order valence-corrected chi connectivity index (χ1v) is 7.43. The van der Waals surface area contributed by atoms with Crippen LogP contribution in [-0.2, 0) is 11.2 Å².